The summed E-state index contributed by atoms with van der Waals surface area (Å²) in [7, 11) is 1.68. The largest absolute Gasteiger partial charge is 0.339 e. The van der Waals surface area contributed by atoms with Crippen LogP contribution >= 0.6 is 11.3 Å². The van der Waals surface area contributed by atoms with Gasteiger partial charge in [-0.15, -0.1) is 11.3 Å². The SMILES string of the molecule is CC[C@@H]1C(=O)N(C)c2cnc(C3C=NNC3c3nccs3)nc2N1C1CC(F)(F)C1. The van der Waals surface area contributed by atoms with Crippen molar-refractivity contribution in [1.29, 1.82) is 0 Å². The van der Waals surface area contributed by atoms with Crippen molar-refractivity contribution in [3.63, 3.8) is 0 Å². The summed E-state index contributed by atoms with van der Waals surface area (Å²) in [6.07, 6.45) is 5.05. The number of fused-ring (bicyclic) bond motifs is 1. The minimum atomic E-state index is -2.69. The van der Waals surface area contributed by atoms with Gasteiger partial charge in [0, 0.05) is 43.7 Å². The van der Waals surface area contributed by atoms with Gasteiger partial charge < -0.3 is 9.80 Å². The fourth-order valence-electron chi connectivity index (χ4n) is 4.38. The van der Waals surface area contributed by atoms with E-state index in [9.17, 15) is 13.6 Å². The van der Waals surface area contributed by atoms with Crippen LogP contribution in [0.25, 0.3) is 0 Å². The Balaban J connectivity index is 1.55. The first-order valence-corrected chi connectivity index (χ1v) is 10.8. The average molecular weight is 433 g/mol. The van der Waals surface area contributed by atoms with Gasteiger partial charge in [-0.05, 0) is 6.42 Å². The van der Waals surface area contributed by atoms with Crippen molar-refractivity contribution in [3.8, 4) is 0 Å². The zero-order valence-electron chi connectivity index (χ0n) is 16.5. The summed E-state index contributed by atoms with van der Waals surface area (Å²) in [6, 6.07) is -1.12. The van der Waals surface area contributed by atoms with Gasteiger partial charge in [-0.2, -0.15) is 5.10 Å². The molecule has 1 amide bonds. The lowest BCUT2D eigenvalue weighted by Gasteiger charge is -2.49. The van der Waals surface area contributed by atoms with E-state index in [2.05, 4.69) is 20.5 Å². The Bertz CT molecular complexity index is 991. The van der Waals surface area contributed by atoms with E-state index < -0.39 is 18.0 Å². The molecule has 1 N–H and O–H groups in total. The second kappa shape index (κ2) is 6.93. The number of aromatic nitrogens is 3. The maximum atomic E-state index is 13.7. The fourth-order valence-corrected chi connectivity index (χ4v) is 5.11. The van der Waals surface area contributed by atoms with E-state index in [1.807, 2.05) is 12.3 Å². The topological polar surface area (TPSA) is 86.6 Å². The standard InChI is InChI=1S/C19H21F2N7OS/c1-3-12-18(29)27(2)13-9-23-15(11-8-24-26-14(11)17-22-4-5-30-17)25-16(13)28(12)10-6-19(20,21)7-10/h4-5,8-12,14,26H,3,6-7H2,1-2H3/t11?,12-,14?/m1/s1. The predicted octanol–water partition coefficient (Wildman–Crippen LogP) is 2.71. The number of thiazole rings is 1. The lowest BCUT2D eigenvalue weighted by Crippen LogP contribution is -2.61. The molecule has 2 aliphatic heterocycles. The molecular weight excluding hydrogens is 412 g/mol. The van der Waals surface area contributed by atoms with Gasteiger partial charge in [0.15, 0.2) is 5.82 Å². The monoisotopic (exact) mass is 433 g/mol. The van der Waals surface area contributed by atoms with Gasteiger partial charge in [0.1, 0.15) is 28.6 Å². The van der Waals surface area contributed by atoms with Gasteiger partial charge in [-0.3, -0.25) is 10.2 Å². The molecule has 4 heterocycles. The molecule has 2 aromatic heterocycles. The van der Waals surface area contributed by atoms with Crippen LogP contribution in [0.1, 0.15) is 49.0 Å². The number of halogens is 2. The van der Waals surface area contributed by atoms with Crippen LogP contribution in [0.3, 0.4) is 0 Å². The van der Waals surface area contributed by atoms with Gasteiger partial charge in [-0.1, -0.05) is 6.92 Å². The molecule has 3 atom stereocenters. The number of amides is 1. The summed E-state index contributed by atoms with van der Waals surface area (Å²) in [5.41, 5.74) is 3.59. The Morgan fingerprint density at radius 2 is 2.13 bits per heavy atom. The quantitative estimate of drug-likeness (QED) is 0.798. The highest BCUT2D eigenvalue weighted by Gasteiger charge is 2.52. The van der Waals surface area contributed by atoms with E-state index in [1.165, 1.54) is 16.2 Å². The molecule has 30 heavy (non-hydrogen) atoms. The van der Waals surface area contributed by atoms with Crippen molar-refractivity contribution in [2.75, 3.05) is 16.8 Å². The molecule has 0 spiro atoms. The molecule has 0 bridgehead atoms. The van der Waals surface area contributed by atoms with Gasteiger partial charge >= 0.3 is 0 Å². The third-order valence-electron chi connectivity index (χ3n) is 6.00. The Labute approximate surface area is 176 Å². The molecule has 1 saturated carbocycles. The highest BCUT2D eigenvalue weighted by molar-refractivity contribution is 7.09. The first kappa shape index (κ1) is 19.3. The average Bonchev–Trinajstić information content (AvgIpc) is 3.39. The first-order valence-electron chi connectivity index (χ1n) is 9.88. The minimum Gasteiger partial charge on any atom is -0.339 e. The number of carbonyl (C=O) groups is 1. The Morgan fingerprint density at radius 1 is 1.33 bits per heavy atom. The molecule has 0 radical (unpaired) electrons. The lowest BCUT2D eigenvalue weighted by molar-refractivity contribution is -0.122. The van der Waals surface area contributed by atoms with Crippen LogP contribution in [0.5, 0.6) is 0 Å². The van der Waals surface area contributed by atoms with Crippen LogP contribution in [-0.2, 0) is 4.79 Å². The molecular formula is C19H21F2N7OS. The normalized spacial score (nSPS) is 27.7. The first-order chi connectivity index (χ1) is 14.4. The lowest BCUT2D eigenvalue weighted by atomic mass is 9.84. The van der Waals surface area contributed by atoms with Crippen molar-refractivity contribution < 1.29 is 13.6 Å². The Morgan fingerprint density at radius 3 is 2.80 bits per heavy atom. The van der Waals surface area contributed by atoms with E-state index in [0.29, 0.717) is 23.8 Å². The van der Waals surface area contributed by atoms with Crippen molar-refractivity contribution in [2.24, 2.45) is 5.10 Å². The van der Waals surface area contributed by atoms with E-state index in [0.717, 1.165) is 5.01 Å². The molecule has 0 saturated heterocycles. The molecule has 11 heteroatoms. The molecule has 158 valence electrons. The zero-order chi connectivity index (χ0) is 21.0. The van der Waals surface area contributed by atoms with Crippen LogP contribution in [0.15, 0.2) is 22.9 Å². The van der Waals surface area contributed by atoms with E-state index in [4.69, 9.17) is 4.98 Å². The molecule has 2 unspecified atom stereocenters. The third-order valence-corrected chi connectivity index (χ3v) is 6.86. The molecule has 8 nitrogen and oxygen atoms in total. The predicted molar refractivity (Wildman–Crippen MR) is 109 cm³/mol. The Kier molecular flexibility index (Phi) is 4.46. The van der Waals surface area contributed by atoms with Crippen molar-refractivity contribution >= 4 is 35.0 Å². The van der Waals surface area contributed by atoms with Gasteiger partial charge in [-0.25, -0.2) is 23.7 Å². The summed E-state index contributed by atoms with van der Waals surface area (Å²) in [4.78, 5) is 29.9. The number of likely N-dealkylation sites (N-methyl/N-ethyl adjacent to an activating group) is 1. The second-order valence-corrected chi connectivity index (χ2v) is 8.79. The summed E-state index contributed by atoms with van der Waals surface area (Å²) >= 11 is 1.51. The fraction of sp³-hybridized carbons (Fsp3) is 0.526. The number of hydrazone groups is 1. The minimum absolute atomic E-state index is 0.124. The number of nitrogens with one attached hydrogen (secondary N) is 1. The van der Waals surface area contributed by atoms with Gasteiger partial charge in [0.05, 0.1) is 12.1 Å². The summed E-state index contributed by atoms with van der Waals surface area (Å²) in [6.45, 7) is 1.89. The van der Waals surface area contributed by atoms with Crippen LogP contribution in [0.4, 0.5) is 20.3 Å². The summed E-state index contributed by atoms with van der Waals surface area (Å²) in [5, 5.41) is 6.95. The molecule has 2 aromatic rings. The van der Waals surface area contributed by atoms with Crippen molar-refractivity contribution in [2.45, 2.75) is 56.2 Å². The van der Waals surface area contributed by atoms with Crippen molar-refractivity contribution in [3.05, 3.63) is 28.6 Å². The maximum Gasteiger partial charge on any atom is 0.252 e. The Hall–Kier alpha value is -2.69. The number of hydrogen-bond donors (Lipinski definition) is 1. The zero-order valence-corrected chi connectivity index (χ0v) is 17.3. The van der Waals surface area contributed by atoms with E-state index in [-0.39, 0.29) is 30.7 Å². The maximum absolute atomic E-state index is 13.7. The number of hydrogen-bond acceptors (Lipinski definition) is 8. The third kappa shape index (κ3) is 2.94. The number of nitrogens with zero attached hydrogens (tertiary/aromatic N) is 6. The van der Waals surface area contributed by atoms with Crippen molar-refractivity contribution in [1.82, 2.24) is 20.4 Å². The van der Waals surface area contributed by atoms with Gasteiger partial charge in [0.25, 0.3) is 5.92 Å². The van der Waals surface area contributed by atoms with Crippen LogP contribution in [-0.4, -0.2) is 52.1 Å². The summed E-state index contributed by atoms with van der Waals surface area (Å²) < 4.78 is 27.3. The van der Waals surface area contributed by atoms with E-state index in [1.54, 1.807) is 30.6 Å². The van der Waals surface area contributed by atoms with Gasteiger partial charge in [0.2, 0.25) is 5.91 Å². The molecule has 0 aromatic carbocycles. The molecule has 1 fully saturated rings. The second-order valence-electron chi connectivity index (χ2n) is 7.86. The van der Waals surface area contributed by atoms with E-state index >= 15 is 0 Å². The number of rotatable bonds is 4. The molecule has 3 aliphatic rings. The number of carbonyl (C=O) groups excluding carboxylic acids is 1. The number of alkyl halides is 2. The molecule has 1 aliphatic carbocycles. The summed E-state index contributed by atoms with van der Waals surface area (Å²) in [5.74, 6) is -2.00. The number of anilines is 2. The smallest absolute Gasteiger partial charge is 0.252 e. The van der Waals surface area contributed by atoms with Crippen LogP contribution in [0.2, 0.25) is 0 Å². The van der Waals surface area contributed by atoms with Crippen LogP contribution in [0, 0.1) is 0 Å². The highest BCUT2D eigenvalue weighted by Crippen LogP contribution is 2.46. The highest BCUT2D eigenvalue weighted by atomic mass is 32.1. The van der Waals surface area contributed by atoms with Crippen LogP contribution < -0.4 is 15.2 Å². The molecule has 5 rings (SSSR count).